The topological polar surface area (TPSA) is 46.6 Å². The highest BCUT2D eigenvalue weighted by molar-refractivity contribution is 9.10. The molecule has 0 saturated carbocycles. The Kier molecular flexibility index (Phi) is 7.12. The van der Waals surface area contributed by atoms with Gasteiger partial charge in [-0.05, 0) is 56.2 Å². The van der Waals surface area contributed by atoms with E-state index in [-0.39, 0.29) is 30.5 Å². The molecule has 170 valence electrons. The zero-order valence-corrected chi connectivity index (χ0v) is 19.5. The summed E-state index contributed by atoms with van der Waals surface area (Å²) in [5.41, 5.74) is 1.29. The number of hydrogen-bond acceptors (Lipinski definition) is 3. The number of halogens is 4. The van der Waals surface area contributed by atoms with Crippen LogP contribution in [0.15, 0.2) is 64.3 Å². The number of esters is 1. The highest BCUT2D eigenvalue weighted by Gasteiger charge is 2.38. The summed E-state index contributed by atoms with van der Waals surface area (Å²) in [6.45, 7) is 5.38. The minimum Gasteiger partial charge on any atom is -0.460 e. The van der Waals surface area contributed by atoms with Gasteiger partial charge in [0.2, 0.25) is 5.91 Å². The smallest absolute Gasteiger partial charge is 0.416 e. The number of carbonyl (C=O) groups is 2. The second-order valence-electron chi connectivity index (χ2n) is 7.94. The zero-order valence-electron chi connectivity index (χ0n) is 17.9. The maximum atomic E-state index is 13.0. The van der Waals surface area contributed by atoms with Crippen LogP contribution in [0.1, 0.15) is 49.8 Å². The van der Waals surface area contributed by atoms with Crippen LogP contribution in [-0.4, -0.2) is 22.9 Å². The van der Waals surface area contributed by atoms with E-state index >= 15 is 0 Å². The van der Waals surface area contributed by atoms with E-state index in [1.165, 1.54) is 17.0 Å². The lowest BCUT2D eigenvalue weighted by atomic mass is 9.83. The third-order valence-electron chi connectivity index (χ3n) is 5.28. The Morgan fingerprint density at radius 3 is 2.25 bits per heavy atom. The van der Waals surface area contributed by atoms with E-state index in [1.54, 1.807) is 20.8 Å². The van der Waals surface area contributed by atoms with Gasteiger partial charge in [0.1, 0.15) is 0 Å². The SMILES string of the molecule is CC1=C(C(=O)OC(C)C)C(c2ccc(C(F)(F)F)cc2)CC(=O)N1Cc1ccc(Br)cc1. The number of ether oxygens (including phenoxy) is 1. The van der Waals surface area contributed by atoms with E-state index in [1.807, 2.05) is 24.3 Å². The lowest BCUT2D eigenvalue weighted by Gasteiger charge is -2.35. The molecule has 2 aromatic rings. The molecule has 1 aliphatic heterocycles. The van der Waals surface area contributed by atoms with Crippen molar-refractivity contribution in [3.05, 3.63) is 81.0 Å². The number of rotatable bonds is 5. The van der Waals surface area contributed by atoms with Crippen LogP contribution in [0.2, 0.25) is 0 Å². The van der Waals surface area contributed by atoms with Gasteiger partial charge in [0.05, 0.1) is 23.8 Å². The van der Waals surface area contributed by atoms with Crippen molar-refractivity contribution in [2.75, 3.05) is 0 Å². The number of alkyl halides is 3. The molecule has 0 fully saturated rings. The van der Waals surface area contributed by atoms with Crippen LogP contribution in [-0.2, 0) is 27.0 Å². The minimum atomic E-state index is -4.46. The summed E-state index contributed by atoms with van der Waals surface area (Å²) in [6, 6.07) is 12.0. The molecule has 0 radical (unpaired) electrons. The molecule has 1 amide bonds. The molecular weight excluding hydrogens is 487 g/mol. The molecule has 1 aliphatic rings. The lowest BCUT2D eigenvalue weighted by Crippen LogP contribution is -2.38. The highest BCUT2D eigenvalue weighted by atomic mass is 79.9. The first-order valence-corrected chi connectivity index (χ1v) is 10.9. The van der Waals surface area contributed by atoms with Gasteiger partial charge in [-0.2, -0.15) is 13.2 Å². The van der Waals surface area contributed by atoms with E-state index in [9.17, 15) is 22.8 Å². The minimum absolute atomic E-state index is 0.0399. The predicted octanol–water partition coefficient (Wildman–Crippen LogP) is 6.21. The van der Waals surface area contributed by atoms with Crippen LogP contribution >= 0.6 is 15.9 Å². The van der Waals surface area contributed by atoms with Gasteiger partial charge in [-0.25, -0.2) is 4.79 Å². The summed E-state index contributed by atoms with van der Waals surface area (Å²) in [5, 5.41) is 0. The van der Waals surface area contributed by atoms with Gasteiger partial charge < -0.3 is 9.64 Å². The monoisotopic (exact) mass is 509 g/mol. The Bertz CT molecular complexity index is 1030. The Labute approximate surface area is 193 Å². The highest BCUT2D eigenvalue weighted by Crippen LogP contribution is 2.39. The summed E-state index contributed by atoms with van der Waals surface area (Å²) in [4.78, 5) is 27.5. The number of amides is 1. The van der Waals surface area contributed by atoms with Gasteiger partial charge in [0, 0.05) is 22.5 Å². The van der Waals surface area contributed by atoms with Gasteiger partial charge in [-0.3, -0.25) is 4.79 Å². The quantitative estimate of drug-likeness (QED) is 0.450. The Morgan fingerprint density at radius 2 is 1.72 bits per heavy atom. The molecule has 2 aromatic carbocycles. The molecule has 1 atom stereocenters. The molecule has 0 aromatic heterocycles. The van der Waals surface area contributed by atoms with Crippen LogP contribution in [0.3, 0.4) is 0 Å². The maximum Gasteiger partial charge on any atom is 0.416 e. The van der Waals surface area contributed by atoms with Gasteiger partial charge >= 0.3 is 12.1 Å². The van der Waals surface area contributed by atoms with E-state index in [0.29, 0.717) is 11.3 Å². The van der Waals surface area contributed by atoms with Crippen LogP contribution in [0.5, 0.6) is 0 Å². The fourth-order valence-corrected chi connectivity index (χ4v) is 3.97. The van der Waals surface area contributed by atoms with Crippen LogP contribution in [0, 0.1) is 0 Å². The zero-order chi connectivity index (χ0) is 23.6. The third-order valence-corrected chi connectivity index (χ3v) is 5.81. The van der Waals surface area contributed by atoms with Crippen molar-refractivity contribution in [3.8, 4) is 0 Å². The molecule has 1 heterocycles. The molecule has 32 heavy (non-hydrogen) atoms. The van der Waals surface area contributed by atoms with E-state index in [4.69, 9.17) is 4.74 Å². The number of hydrogen-bond donors (Lipinski definition) is 0. The molecule has 4 nitrogen and oxygen atoms in total. The van der Waals surface area contributed by atoms with Crippen molar-refractivity contribution >= 4 is 27.8 Å². The van der Waals surface area contributed by atoms with Gasteiger partial charge in [0.25, 0.3) is 0 Å². The number of benzene rings is 2. The number of nitrogens with zero attached hydrogens (tertiary/aromatic N) is 1. The molecular formula is C24H23BrF3NO3. The molecule has 0 N–H and O–H groups in total. The van der Waals surface area contributed by atoms with Crippen molar-refractivity contribution in [2.24, 2.45) is 0 Å². The molecule has 0 spiro atoms. The lowest BCUT2D eigenvalue weighted by molar-refractivity contribution is -0.144. The maximum absolute atomic E-state index is 13.0. The fraction of sp³-hybridized carbons (Fsp3) is 0.333. The standard InChI is InChI=1S/C24H23BrF3NO3/c1-14(2)32-23(31)22-15(3)29(13-16-4-10-19(25)11-5-16)21(30)12-20(22)17-6-8-18(9-7-17)24(26,27)28/h4-11,14,20H,12-13H2,1-3H3. The molecule has 8 heteroatoms. The van der Waals surface area contributed by atoms with Gasteiger partial charge in [0.15, 0.2) is 0 Å². The van der Waals surface area contributed by atoms with Crippen LogP contribution < -0.4 is 0 Å². The average molecular weight is 510 g/mol. The molecule has 3 rings (SSSR count). The predicted molar refractivity (Wildman–Crippen MR) is 117 cm³/mol. The van der Waals surface area contributed by atoms with Crippen LogP contribution in [0.25, 0.3) is 0 Å². The summed E-state index contributed by atoms with van der Waals surface area (Å²) in [6.07, 6.45) is -4.89. The largest absolute Gasteiger partial charge is 0.460 e. The molecule has 0 saturated heterocycles. The number of allylic oxidation sites excluding steroid dienone is 1. The van der Waals surface area contributed by atoms with Crippen LogP contribution in [0.4, 0.5) is 13.2 Å². The summed E-state index contributed by atoms with van der Waals surface area (Å²) >= 11 is 3.38. The number of carbonyl (C=O) groups excluding carboxylic acids is 2. The van der Waals surface area contributed by atoms with E-state index in [0.717, 1.165) is 22.2 Å². The molecule has 0 aliphatic carbocycles. The summed E-state index contributed by atoms with van der Waals surface area (Å²) < 4.78 is 45.2. The van der Waals surface area contributed by atoms with Crippen molar-refractivity contribution in [3.63, 3.8) is 0 Å². The van der Waals surface area contributed by atoms with E-state index < -0.39 is 23.6 Å². The Hall–Kier alpha value is -2.61. The first kappa shape index (κ1) is 24.0. The third kappa shape index (κ3) is 5.41. The molecule has 1 unspecified atom stereocenters. The summed E-state index contributed by atoms with van der Waals surface area (Å²) in [5.74, 6) is -1.47. The fourth-order valence-electron chi connectivity index (χ4n) is 3.71. The second kappa shape index (κ2) is 9.48. The normalized spacial score (nSPS) is 17.2. The Morgan fingerprint density at radius 1 is 1.12 bits per heavy atom. The first-order chi connectivity index (χ1) is 15.0. The van der Waals surface area contributed by atoms with Crippen molar-refractivity contribution in [1.29, 1.82) is 0 Å². The van der Waals surface area contributed by atoms with Gasteiger partial charge in [-0.15, -0.1) is 0 Å². The average Bonchev–Trinajstić information content (AvgIpc) is 2.71. The van der Waals surface area contributed by atoms with E-state index in [2.05, 4.69) is 15.9 Å². The van der Waals surface area contributed by atoms with Crippen molar-refractivity contribution < 1.29 is 27.5 Å². The second-order valence-corrected chi connectivity index (χ2v) is 8.85. The summed E-state index contributed by atoms with van der Waals surface area (Å²) in [7, 11) is 0. The van der Waals surface area contributed by atoms with Crippen molar-refractivity contribution in [1.82, 2.24) is 4.90 Å². The van der Waals surface area contributed by atoms with Gasteiger partial charge in [-0.1, -0.05) is 40.2 Å². The first-order valence-electron chi connectivity index (χ1n) is 10.1. The molecule has 0 bridgehead atoms. The Balaban J connectivity index is 2.01. The van der Waals surface area contributed by atoms with Crippen molar-refractivity contribution in [2.45, 2.75) is 51.9 Å².